The number of nitrogens with zero attached hydrogens (tertiary/aromatic N) is 1. The normalized spacial score (nSPS) is 10.6. The fraction of sp³-hybridized carbons (Fsp3) is 0.125. The maximum Gasteiger partial charge on any atom is 0.336 e. The summed E-state index contributed by atoms with van der Waals surface area (Å²) in [6.07, 6.45) is -0.644. The molecule has 25 heavy (non-hydrogen) atoms. The number of benzene rings is 2. The predicted octanol–water partition coefficient (Wildman–Crippen LogP) is 3.96. The van der Waals surface area contributed by atoms with Crippen LogP contribution >= 0.6 is 11.6 Å². The molecule has 0 atom stereocenters. The van der Waals surface area contributed by atoms with Crippen molar-refractivity contribution < 1.29 is 28.4 Å². The van der Waals surface area contributed by atoms with Gasteiger partial charge in [-0.2, -0.15) is 0 Å². The number of carboxylic acids is 1. The van der Waals surface area contributed by atoms with E-state index in [1.807, 2.05) is 0 Å². The van der Waals surface area contributed by atoms with E-state index in [9.17, 15) is 28.5 Å². The van der Waals surface area contributed by atoms with Gasteiger partial charge in [-0.1, -0.05) is 17.7 Å². The largest absolute Gasteiger partial charge is 0.478 e. The highest BCUT2D eigenvalue weighted by Crippen LogP contribution is 2.31. The first-order valence-corrected chi connectivity index (χ1v) is 7.19. The van der Waals surface area contributed by atoms with Gasteiger partial charge in [0.05, 0.1) is 16.1 Å². The molecule has 0 aliphatic heterocycles. The Bertz CT molecular complexity index is 914. The molecule has 2 aromatic rings. The third-order valence-corrected chi connectivity index (χ3v) is 3.78. The van der Waals surface area contributed by atoms with Gasteiger partial charge in [-0.05, 0) is 30.7 Å². The van der Waals surface area contributed by atoms with Crippen molar-refractivity contribution in [2.24, 2.45) is 0 Å². The Hall–Kier alpha value is -2.87. The van der Waals surface area contributed by atoms with Gasteiger partial charge in [-0.15, -0.1) is 0 Å². The summed E-state index contributed by atoms with van der Waals surface area (Å²) in [7, 11) is 0. The highest BCUT2D eigenvalue weighted by atomic mass is 35.5. The van der Waals surface area contributed by atoms with Crippen LogP contribution in [0.3, 0.4) is 0 Å². The quantitative estimate of drug-likeness (QED) is 0.488. The Morgan fingerprint density at radius 3 is 2.40 bits per heavy atom. The molecule has 0 bridgehead atoms. The molecule has 0 saturated heterocycles. The van der Waals surface area contributed by atoms with Crippen molar-refractivity contribution in [2.45, 2.75) is 13.3 Å². The van der Waals surface area contributed by atoms with Crippen molar-refractivity contribution in [3.8, 4) is 0 Å². The highest BCUT2D eigenvalue weighted by Gasteiger charge is 2.32. The number of ketones is 1. The summed E-state index contributed by atoms with van der Waals surface area (Å²) in [5, 5.41) is 20.5. The summed E-state index contributed by atoms with van der Waals surface area (Å²) in [5.74, 6) is -4.67. The van der Waals surface area contributed by atoms with Crippen LogP contribution in [-0.2, 0) is 6.42 Å². The van der Waals surface area contributed by atoms with E-state index in [4.69, 9.17) is 16.7 Å². The Morgan fingerprint density at radius 1 is 1.24 bits per heavy atom. The number of carbonyl (C=O) groups excluding carboxylic acids is 1. The van der Waals surface area contributed by atoms with E-state index in [0.717, 1.165) is 13.0 Å². The monoisotopic (exact) mass is 369 g/mol. The zero-order chi connectivity index (χ0) is 18.9. The first-order chi connectivity index (χ1) is 11.6. The molecule has 0 fully saturated rings. The summed E-state index contributed by atoms with van der Waals surface area (Å²) >= 11 is 5.61. The van der Waals surface area contributed by atoms with Crippen LogP contribution in [0.25, 0.3) is 0 Å². The second kappa shape index (κ2) is 6.94. The van der Waals surface area contributed by atoms with Crippen LogP contribution in [0, 0.1) is 28.7 Å². The molecule has 0 amide bonds. The van der Waals surface area contributed by atoms with Gasteiger partial charge in [-0.3, -0.25) is 14.9 Å². The standard InChI is InChI=1S/C16H10ClF2NO5/c1-7-11(18)6-10(16(22)23)14(15(7)20(24)25)13(21)4-8-2-3-9(17)5-12(8)19/h2-3,5-6H,4H2,1H3,(H,22,23). The lowest BCUT2D eigenvalue weighted by Crippen LogP contribution is -2.16. The van der Waals surface area contributed by atoms with Crippen molar-refractivity contribution in [3.05, 3.63) is 73.3 Å². The minimum absolute atomic E-state index is 0.0866. The molecule has 130 valence electrons. The second-order valence-corrected chi connectivity index (χ2v) is 5.59. The minimum Gasteiger partial charge on any atom is -0.478 e. The van der Waals surface area contributed by atoms with Crippen molar-refractivity contribution in [1.82, 2.24) is 0 Å². The van der Waals surface area contributed by atoms with Crippen LogP contribution in [0.2, 0.25) is 5.02 Å². The van der Waals surface area contributed by atoms with E-state index in [1.54, 1.807) is 0 Å². The maximum atomic E-state index is 13.8. The zero-order valence-electron chi connectivity index (χ0n) is 12.7. The van der Waals surface area contributed by atoms with Crippen LogP contribution in [0.15, 0.2) is 24.3 Å². The summed E-state index contributed by atoms with van der Waals surface area (Å²) < 4.78 is 27.6. The molecule has 1 N–H and O–H groups in total. The van der Waals surface area contributed by atoms with E-state index in [0.29, 0.717) is 6.07 Å². The van der Waals surface area contributed by atoms with Crippen LogP contribution in [0.1, 0.15) is 31.8 Å². The van der Waals surface area contributed by atoms with Crippen molar-refractivity contribution in [3.63, 3.8) is 0 Å². The topological polar surface area (TPSA) is 97.5 Å². The molecule has 0 unspecified atom stereocenters. The Labute approximate surface area is 144 Å². The van der Waals surface area contributed by atoms with Gasteiger partial charge in [0.15, 0.2) is 5.78 Å². The van der Waals surface area contributed by atoms with Gasteiger partial charge in [0.25, 0.3) is 5.69 Å². The number of rotatable bonds is 5. The van der Waals surface area contributed by atoms with Gasteiger partial charge < -0.3 is 5.11 Å². The Balaban J connectivity index is 2.63. The van der Waals surface area contributed by atoms with Crippen LogP contribution in [-0.4, -0.2) is 21.8 Å². The average Bonchev–Trinajstić information content (AvgIpc) is 2.51. The number of aromatic carboxylic acids is 1. The molecule has 0 heterocycles. The number of carboxylic acid groups (broad SMARTS) is 1. The molecule has 0 aromatic heterocycles. The van der Waals surface area contributed by atoms with E-state index in [2.05, 4.69) is 0 Å². The molecular weight excluding hydrogens is 360 g/mol. The summed E-state index contributed by atoms with van der Waals surface area (Å²) in [6, 6.07) is 4.01. The second-order valence-electron chi connectivity index (χ2n) is 5.15. The number of hydrogen-bond acceptors (Lipinski definition) is 4. The van der Waals surface area contributed by atoms with Gasteiger partial charge in [0.2, 0.25) is 0 Å². The highest BCUT2D eigenvalue weighted by molar-refractivity contribution is 6.30. The number of halogens is 3. The van der Waals surface area contributed by atoms with Gasteiger partial charge in [-0.25, -0.2) is 13.6 Å². The fourth-order valence-corrected chi connectivity index (χ4v) is 2.50. The van der Waals surface area contributed by atoms with Gasteiger partial charge in [0.1, 0.15) is 17.2 Å². The third kappa shape index (κ3) is 3.63. The van der Waals surface area contributed by atoms with Gasteiger partial charge in [0, 0.05) is 11.4 Å². The van der Waals surface area contributed by atoms with E-state index < -0.39 is 57.1 Å². The molecule has 0 saturated carbocycles. The molecule has 0 spiro atoms. The molecule has 2 rings (SSSR count). The molecule has 9 heteroatoms. The molecule has 0 aliphatic rings. The average molecular weight is 370 g/mol. The lowest BCUT2D eigenvalue weighted by molar-refractivity contribution is -0.385. The number of nitro groups is 1. The maximum absolute atomic E-state index is 13.8. The number of carbonyl (C=O) groups is 2. The van der Waals surface area contributed by atoms with E-state index >= 15 is 0 Å². The van der Waals surface area contributed by atoms with Crippen molar-refractivity contribution in [1.29, 1.82) is 0 Å². The predicted molar refractivity (Wildman–Crippen MR) is 84.2 cm³/mol. The first kappa shape index (κ1) is 18.5. The smallest absolute Gasteiger partial charge is 0.336 e. The number of hydrogen-bond donors (Lipinski definition) is 1. The van der Waals surface area contributed by atoms with E-state index in [1.165, 1.54) is 12.1 Å². The number of nitro benzene ring substituents is 1. The summed E-state index contributed by atoms with van der Waals surface area (Å²) in [5.41, 5.74) is -3.17. The third-order valence-electron chi connectivity index (χ3n) is 3.55. The lowest BCUT2D eigenvalue weighted by Gasteiger charge is -2.10. The molecule has 2 aromatic carbocycles. The van der Waals surface area contributed by atoms with Crippen molar-refractivity contribution in [2.75, 3.05) is 0 Å². The van der Waals surface area contributed by atoms with Gasteiger partial charge >= 0.3 is 5.97 Å². The SMILES string of the molecule is Cc1c(F)cc(C(=O)O)c(C(=O)Cc2ccc(Cl)cc2F)c1[N+](=O)[O-]. The van der Waals surface area contributed by atoms with Crippen LogP contribution < -0.4 is 0 Å². The molecular formula is C16H10ClF2NO5. The fourth-order valence-electron chi connectivity index (χ4n) is 2.34. The summed E-state index contributed by atoms with van der Waals surface area (Å²) in [6.45, 7) is 1.05. The molecule has 0 radical (unpaired) electrons. The van der Waals surface area contributed by atoms with Crippen LogP contribution in [0.4, 0.5) is 14.5 Å². The molecule has 6 nitrogen and oxygen atoms in total. The lowest BCUT2D eigenvalue weighted by atomic mass is 9.94. The van der Waals surface area contributed by atoms with E-state index in [-0.39, 0.29) is 10.6 Å². The van der Waals surface area contributed by atoms with Crippen molar-refractivity contribution >= 4 is 29.0 Å². The Kier molecular flexibility index (Phi) is 5.13. The Morgan fingerprint density at radius 2 is 1.88 bits per heavy atom. The summed E-state index contributed by atoms with van der Waals surface area (Å²) in [4.78, 5) is 34.0. The number of Topliss-reactive ketones (excluding diaryl/α,β-unsaturated/α-hetero) is 1. The molecule has 0 aliphatic carbocycles. The minimum atomic E-state index is -1.71. The van der Waals surface area contributed by atoms with Crippen LogP contribution in [0.5, 0.6) is 0 Å². The first-order valence-electron chi connectivity index (χ1n) is 6.81. The zero-order valence-corrected chi connectivity index (χ0v) is 13.4.